The second-order valence-corrected chi connectivity index (χ2v) is 7.05. The van der Waals surface area contributed by atoms with Crippen molar-refractivity contribution < 1.29 is 14.0 Å². The maximum absolute atomic E-state index is 13.1. The number of nitrogens with zero attached hydrogens (tertiary/aromatic N) is 1. The summed E-state index contributed by atoms with van der Waals surface area (Å²) in [5.41, 5.74) is 3.48. The van der Waals surface area contributed by atoms with Gasteiger partial charge in [-0.15, -0.1) is 0 Å². The molecule has 1 aliphatic rings. The molecule has 0 bridgehead atoms. The molecule has 2 aromatic rings. The number of carbonyl (C=O) groups excluding carboxylic acids is 2. The van der Waals surface area contributed by atoms with Gasteiger partial charge in [-0.05, 0) is 61.6 Å². The van der Waals surface area contributed by atoms with Gasteiger partial charge in [0.2, 0.25) is 5.91 Å². The first-order valence-corrected chi connectivity index (χ1v) is 9.43. The number of carbonyl (C=O) groups is 2. The normalized spacial score (nSPS) is 16.9. The number of likely N-dealkylation sites (tertiary alicyclic amines) is 1. The number of para-hydroxylation sites is 1. The van der Waals surface area contributed by atoms with Gasteiger partial charge in [-0.25, -0.2) is 4.39 Å². The highest BCUT2D eigenvalue weighted by Crippen LogP contribution is 2.25. The minimum atomic E-state index is -0.368. The number of anilines is 1. The monoisotopic (exact) mass is 368 g/mol. The predicted octanol–water partition coefficient (Wildman–Crippen LogP) is 4.19. The molecule has 2 aromatic carbocycles. The lowest BCUT2D eigenvalue weighted by atomic mass is 9.95. The highest BCUT2D eigenvalue weighted by atomic mass is 19.1. The Bertz CT molecular complexity index is 833. The molecule has 142 valence electrons. The Kier molecular flexibility index (Phi) is 5.89. The van der Waals surface area contributed by atoms with E-state index in [4.69, 9.17) is 0 Å². The summed E-state index contributed by atoms with van der Waals surface area (Å²) in [6.07, 6.45) is 2.38. The van der Waals surface area contributed by atoms with Gasteiger partial charge in [0.25, 0.3) is 5.91 Å². The molecular weight excluding hydrogens is 343 g/mol. The summed E-state index contributed by atoms with van der Waals surface area (Å²) in [7, 11) is 0. The zero-order chi connectivity index (χ0) is 19.4. The van der Waals surface area contributed by atoms with Crippen LogP contribution in [0.3, 0.4) is 0 Å². The van der Waals surface area contributed by atoms with Crippen LogP contribution in [0.4, 0.5) is 10.1 Å². The van der Waals surface area contributed by atoms with Gasteiger partial charge in [0.15, 0.2) is 0 Å². The molecule has 0 aromatic heterocycles. The molecule has 0 radical (unpaired) electrons. The summed E-state index contributed by atoms with van der Waals surface area (Å²) < 4.78 is 13.1. The lowest BCUT2D eigenvalue weighted by molar-refractivity contribution is -0.121. The van der Waals surface area contributed by atoms with Crippen LogP contribution in [0.25, 0.3) is 0 Å². The first-order chi connectivity index (χ1) is 13.0. The van der Waals surface area contributed by atoms with E-state index in [2.05, 4.69) is 12.2 Å². The van der Waals surface area contributed by atoms with Crippen molar-refractivity contribution in [3.63, 3.8) is 0 Å². The molecule has 3 rings (SSSR count). The van der Waals surface area contributed by atoms with Gasteiger partial charge in [0.1, 0.15) is 5.82 Å². The molecule has 1 N–H and O–H groups in total. The average Bonchev–Trinajstić information content (AvgIpc) is 2.69. The fourth-order valence-electron chi connectivity index (χ4n) is 3.58. The predicted molar refractivity (Wildman–Crippen MR) is 104 cm³/mol. The molecule has 1 heterocycles. The molecule has 5 heteroatoms. The topological polar surface area (TPSA) is 49.4 Å². The summed E-state index contributed by atoms with van der Waals surface area (Å²) in [4.78, 5) is 27.2. The molecule has 2 amide bonds. The molecule has 4 nitrogen and oxygen atoms in total. The van der Waals surface area contributed by atoms with E-state index >= 15 is 0 Å². The van der Waals surface area contributed by atoms with Crippen molar-refractivity contribution in [1.82, 2.24) is 4.90 Å². The van der Waals surface area contributed by atoms with Gasteiger partial charge in [-0.2, -0.15) is 0 Å². The molecule has 0 saturated carbocycles. The van der Waals surface area contributed by atoms with Gasteiger partial charge in [-0.1, -0.05) is 25.1 Å². The van der Waals surface area contributed by atoms with Gasteiger partial charge in [0.05, 0.1) is 5.92 Å². The summed E-state index contributed by atoms with van der Waals surface area (Å²) in [6, 6.07) is 11.5. The third-order valence-corrected chi connectivity index (χ3v) is 5.16. The van der Waals surface area contributed by atoms with E-state index in [0.29, 0.717) is 18.7 Å². The van der Waals surface area contributed by atoms with E-state index in [1.54, 1.807) is 4.90 Å². The van der Waals surface area contributed by atoms with Gasteiger partial charge in [0, 0.05) is 24.3 Å². The Balaban J connectivity index is 1.70. The number of benzene rings is 2. The van der Waals surface area contributed by atoms with Crippen LogP contribution in [0.5, 0.6) is 0 Å². The summed E-state index contributed by atoms with van der Waals surface area (Å²) >= 11 is 0. The number of hydrogen-bond donors (Lipinski definition) is 1. The third kappa shape index (κ3) is 4.35. The lowest BCUT2D eigenvalue weighted by Gasteiger charge is -2.32. The van der Waals surface area contributed by atoms with E-state index < -0.39 is 0 Å². The van der Waals surface area contributed by atoms with E-state index in [-0.39, 0.29) is 23.5 Å². The van der Waals surface area contributed by atoms with Crippen LogP contribution in [0.2, 0.25) is 0 Å². The molecule has 1 aliphatic heterocycles. The highest BCUT2D eigenvalue weighted by molar-refractivity contribution is 5.97. The van der Waals surface area contributed by atoms with Crippen LogP contribution in [-0.4, -0.2) is 29.8 Å². The summed E-state index contributed by atoms with van der Waals surface area (Å²) in [6.45, 7) is 5.05. The van der Waals surface area contributed by atoms with E-state index in [0.717, 1.165) is 36.1 Å². The fourth-order valence-corrected chi connectivity index (χ4v) is 3.58. The van der Waals surface area contributed by atoms with Gasteiger partial charge < -0.3 is 10.2 Å². The highest BCUT2D eigenvalue weighted by Gasteiger charge is 2.29. The van der Waals surface area contributed by atoms with Crippen molar-refractivity contribution in [2.75, 3.05) is 18.4 Å². The van der Waals surface area contributed by atoms with Gasteiger partial charge in [-0.3, -0.25) is 9.59 Å². The number of piperidine rings is 1. The minimum Gasteiger partial charge on any atom is -0.338 e. The third-order valence-electron chi connectivity index (χ3n) is 5.16. The Morgan fingerprint density at radius 3 is 2.63 bits per heavy atom. The van der Waals surface area contributed by atoms with Crippen molar-refractivity contribution in [2.45, 2.75) is 33.1 Å². The van der Waals surface area contributed by atoms with Crippen LogP contribution in [0.15, 0.2) is 42.5 Å². The quantitative estimate of drug-likeness (QED) is 0.880. The van der Waals surface area contributed by atoms with Gasteiger partial charge >= 0.3 is 0 Å². The molecular formula is C22H25FN2O2. The van der Waals surface area contributed by atoms with Crippen LogP contribution in [0, 0.1) is 18.7 Å². The Hall–Kier alpha value is -2.69. The van der Waals surface area contributed by atoms with Crippen LogP contribution in [0.1, 0.15) is 41.3 Å². The fraction of sp³-hybridized carbons (Fsp3) is 0.364. The largest absolute Gasteiger partial charge is 0.338 e. The van der Waals surface area contributed by atoms with E-state index in [9.17, 15) is 14.0 Å². The first kappa shape index (κ1) is 19.1. The molecule has 27 heavy (non-hydrogen) atoms. The van der Waals surface area contributed by atoms with Crippen molar-refractivity contribution in [3.05, 3.63) is 65.0 Å². The van der Waals surface area contributed by atoms with Crippen LogP contribution >= 0.6 is 0 Å². The zero-order valence-corrected chi connectivity index (χ0v) is 15.8. The average molecular weight is 368 g/mol. The molecule has 1 saturated heterocycles. The number of nitrogens with one attached hydrogen (secondary N) is 1. The molecule has 0 spiro atoms. The number of rotatable bonds is 4. The van der Waals surface area contributed by atoms with E-state index in [1.807, 2.05) is 25.1 Å². The summed E-state index contributed by atoms with van der Waals surface area (Å²) in [5, 5.41) is 3.08. The Morgan fingerprint density at radius 1 is 1.19 bits per heavy atom. The second-order valence-electron chi connectivity index (χ2n) is 7.05. The van der Waals surface area contributed by atoms with Crippen molar-refractivity contribution in [1.29, 1.82) is 0 Å². The Labute approximate surface area is 159 Å². The maximum atomic E-state index is 13.1. The smallest absolute Gasteiger partial charge is 0.253 e. The molecule has 0 unspecified atom stereocenters. The SMILES string of the molecule is CCc1cccc(C)c1NC(=O)[C@@H]1CCCN(C(=O)c2ccc(F)cc2)C1. The van der Waals surface area contributed by atoms with Crippen molar-refractivity contribution in [3.8, 4) is 0 Å². The maximum Gasteiger partial charge on any atom is 0.253 e. The van der Waals surface area contributed by atoms with Crippen molar-refractivity contribution >= 4 is 17.5 Å². The molecule has 0 aliphatic carbocycles. The van der Waals surface area contributed by atoms with Crippen molar-refractivity contribution in [2.24, 2.45) is 5.92 Å². The van der Waals surface area contributed by atoms with Crippen LogP contribution in [-0.2, 0) is 11.2 Å². The minimum absolute atomic E-state index is 0.0457. The second kappa shape index (κ2) is 8.33. The Morgan fingerprint density at radius 2 is 1.93 bits per heavy atom. The number of halogens is 1. The lowest BCUT2D eigenvalue weighted by Crippen LogP contribution is -2.43. The number of aryl methyl sites for hydroxylation is 2. The standard InChI is InChI=1S/C22H25FN2O2/c1-3-16-7-4-6-15(2)20(16)24-21(26)18-8-5-13-25(14-18)22(27)17-9-11-19(23)12-10-17/h4,6-7,9-12,18H,3,5,8,13-14H2,1-2H3,(H,24,26)/t18-/m1/s1. The number of amides is 2. The number of hydrogen-bond acceptors (Lipinski definition) is 2. The zero-order valence-electron chi connectivity index (χ0n) is 15.8. The molecule has 1 atom stereocenters. The first-order valence-electron chi connectivity index (χ1n) is 9.43. The van der Waals surface area contributed by atoms with Crippen LogP contribution < -0.4 is 5.32 Å². The summed E-state index contributed by atoms with van der Waals surface area (Å²) in [5.74, 6) is -0.812. The molecule has 1 fully saturated rings. The van der Waals surface area contributed by atoms with E-state index in [1.165, 1.54) is 24.3 Å².